The lowest BCUT2D eigenvalue weighted by atomic mass is 9.97. The number of thiazole rings is 1. The number of ketones is 1. The van der Waals surface area contributed by atoms with Crippen molar-refractivity contribution in [2.75, 3.05) is 29.6 Å². The van der Waals surface area contributed by atoms with Crippen molar-refractivity contribution >= 4 is 69.2 Å². The first-order valence-corrected chi connectivity index (χ1v) is 23.8. The summed E-state index contributed by atoms with van der Waals surface area (Å²) in [5.74, 6) is 0.220. The van der Waals surface area contributed by atoms with E-state index in [-0.39, 0.29) is 48.8 Å². The van der Waals surface area contributed by atoms with Gasteiger partial charge in [0.15, 0.2) is 16.6 Å². The molecule has 0 bridgehead atoms. The number of likely N-dealkylation sites (tertiary alicyclic amines) is 1. The quantitative estimate of drug-likeness (QED) is 0.0581. The molecule has 346 valence electrons. The van der Waals surface area contributed by atoms with Gasteiger partial charge in [0.1, 0.15) is 23.1 Å². The Morgan fingerprint density at radius 2 is 1.72 bits per heavy atom. The maximum atomic E-state index is 14.3. The van der Waals surface area contributed by atoms with E-state index in [0.29, 0.717) is 66.1 Å². The fourth-order valence-corrected chi connectivity index (χ4v) is 10.7. The standard InChI is InChI=1S/C52H54N6O7S2/c1-31(2)46(56-28-36-11-8-9-12-41(36)48(56)61)49(62)55-29-39(59)27-43(55)44(60)22-15-34-13-14-35(47-33(4)54-30-67-47)26-45(34)65-24-10-23-64-40-19-16-37(17-20-40)58-51(66)57(50(63)52(58,5)6)38-18-21-42(53-7)32(3)25-38/h8-9,11-14,16-21,25-26,30-31,39,43,46,59H,10,15,22-24,27-29H2,1-6H3/t39-,43-,46-/m0/s1. The molecule has 13 nitrogen and oxygen atoms in total. The Kier molecular flexibility index (Phi) is 13.6. The molecule has 1 N–H and O–H groups in total. The molecule has 2 fully saturated rings. The second-order valence-electron chi connectivity index (χ2n) is 18.2. The summed E-state index contributed by atoms with van der Waals surface area (Å²) < 4.78 is 12.5. The molecule has 3 aliphatic rings. The molecule has 3 aliphatic heterocycles. The lowest BCUT2D eigenvalue weighted by molar-refractivity contribution is -0.142. The summed E-state index contributed by atoms with van der Waals surface area (Å²) >= 11 is 7.41. The summed E-state index contributed by atoms with van der Waals surface area (Å²) in [4.78, 5) is 71.0. The van der Waals surface area contributed by atoms with Gasteiger partial charge in [-0.15, -0.1) is 11.3 Å². The van der Waals surface area contributed by atoms with Gasteiger partial charge in [0.25, 0.3) is 11.8 Å². The van der Waals surface area contributed by atoms with E-state index < -0.39 is 23.7 Å². The van der Waals surface area contributed by atoms with Gasteiger partial charge < -0.3 is 29.3 Å². The highest BCUT2D eigenvalue weighted by molar-refractivity contribution is 7.81. The van der Waals surface area contributed by atoms with Gasteiger partial charge in [-0.05, 0) is 123 Å². The van der Waals surface area contributed by atoms with Gasteiger partial charge in [0.2, 0.25) is 5.91 Å². The number of Topliss-reactive ketones (excluding diaryl/α,β-unsaturated/α-hetero) is 1. The van der Waals surface area contributed by atoms with Crippen molar-refractivity contribution in [2.24, 2.45) is 5.92 Å². The number of hydrogen-bond acceptors (Lipinski definition) is 10. The molecule has 3 amide bonds. The number of carbonyl (C=O) groups is 4. The van der Waals surface area contributed by atoms with E-state index >= 15 is 0 Å². The maximum absolute atomic E-state index is 14.3. The number of amides is 3. The van der Waals surface area contributed by atoms with Crippen LogP contribution in [0.15, 0.2) is 90.4 Å². The van der Waals surface area contributed by atoms with Crippen molar-refractivity contribution in [1.29, 1.82) is 0 Å². The normalized spacial score (nSPS) is 18.2. The number of anilines is 2. The number of nitrogens with zero attached hydrogens (tertiary/aromatic N) is 6. The number of aliphatic hydroxyl groups excluding tert-OH is 1. The number of fused-ring (bicyclic) bond motifs is 1. The molecule has 0 spiro atoms. The summed E-state index contributed by atoms with van der Waals surface area (Å²) in [5, 5.41) is 11.2. The van der Waals surface area contributed by atoms with Crippen molar-refractivity contribution in [3.63, 3.8) is 0 Å². The van der Waals surface area contributed by atoms with Crippen LogP contribution in [0.4, 0.5) is 17.1 Å². The molecule has 67 heavy (non-hydrogen) atoms. The van der Waals surface area contributed by atoms with Gasteiger partial charge in [0.05, 0.1) is 48.0 Å². The summed E-state index contributed by atoms with van der Waals surface area (Å²) in [7, 11) is 0. The van der Waals surface area contributed by atoms with E-state index in [1.54, 1.807) is 28.6 Å². The minimum atomic E-state index is -0.953. The van der Waals surface area contributed by atoms with Crippen LogP contribution in [0.25, 0.3) is 15.3 Å². The van der Waals surface area contributed by atoms with Crippen LogP contribution in [0.2, 0.25) is 0 Å². The van der Waals surface area contributed by atoms with Crippen LogP contribution >= 0.6 is 23.6 Å². The Morgan fingerprint density at radius 1 is 0.985 bits per heavy atom. The average Bonchev–Trinajstić information content (AvgIpc) is 4.05. The van der Waals surface area contributed by atoms with Crippen LogP contribution in [0.5, 0.6) is 11.5 Å². The van der Waals surface area contributed by atoms with E-state index in [1.807, 2.05) is 113 Å². The summed E-state index contributed by atoms with van der Waals surface area (Å²) in [6.07, 6.45) is 0.326. The first-order valence-electron chi connectivity index (χ1n) is 22.5. The number of ether oxygens (including phenoxy) is 2. The molecule has 5 aromatic rings. The Balaban J connectivity index is 0.898. The van der Waals surface area contributed by atoms with Gasteiger partial charge in [-0.3, -0.25) is 24.1 Å². The number of aryl methyl sites for hydroxylation is 3. The Bertz CT molecular complexity index is 2780. The highest BCUT2D eigenvalue weighted by Crippen LogP contribution is 2.39. The summed E-state index contributed by atoms with van der Waals surface area (Å²) in [5.41, 5.74) is 7.65. The average molecular weight is 939 g/mol. The number of carbonyl (C=O) groups excluding carboxylic acids is 4. The minimum Gasteiger partial charge on any atom is -0.493 e. The van der Waals surface area contributed by atoms with E-state index in [4.69, 9.17) is 28.3 Å². The lowest BCUT2D eigenvalue weighted by Crippen LogP contribution is -2.54. The zero-order valence-corrected chi connectivity index (χ0v) is 40.2. The number of thiocarbonyl (C=S) groups is 1. The third-order valence-corrected chi connectivity index (χ3v) is 14.2. The van der Waals surface area contributed by atoms with Gasteiger partial charge in [-0.2, -0.15) is 0 Å². The SMILES string of the molecule is [C-]#[N+]c1ccc(N2C(=O)C(C)(C)N(c3ccc(OCCCOc4cc(-c5scnc5C)ccc4CCC(=O)[C@@H]4C[C@H](O)CN4C(=O)[C@H](C(C)C)N4Cc5ccccc5C4=O)cc3)C2=S)cc1C. The Labute approximate surface area is 400 Å². The van der Waals surface area contributed by atoms with Gasteiger partial charge in [0, 0.05) is 49.3 Å². The smallest absolute Gasteiger partial charge is 0.259 e. The van der Waals surface area contributed by atoms with Crippen LogP contribution in [0.3, 0.4) is 0 Å². The van der Waals surface area contributed by atoms with Crippen LogP contribution in [-0.4, -0.2) is 92.0 Å². The number of rotatable bonds is 16. The molecule has 0 saturated carbocycles. The fraction of sp³-hybridized carbons (Fsp3) is 0.365. The molecule has 0 radical (unpaired) electrons. The van der Waals surface area contributed by atoms with Crippen LogP contribution in [-0.2, 0) is 27.3 Å². The number of benzene rings is 4. The van der Waals surface area contributed by atoms with Gasteiger partial charge >= 0.3 is 0 Å². The van der Waals surface area contributed by atoms with E-state index in [2.05, 4.69) is 9.83 Å². The summed E-state index contributed by atoms with van der Waals surface area (Å²) in [6.45, 7) is 19.7. The van der Waals surface area contributed by atoms with Crippen molar-refractivity contribution in [3.05, 3.63) is 130 Å². The largest absolute Gasteiger partial charge is 0.493 e. The van der Waals surface area contributed by atoms with E-state index in [1.165, 1.54) is 21.1 Å². The first kappa shape index (κ1) is 47.0. The number of β-amino-alcohol motifs (C(OH)–C–C–N with tert-alkyl or cyclic N) is 1. The van der Waals surface area contributed by atoms with E-state index in [9.17, 15) is 24.3 Å². The lowest BCUT2D eigenvalue weighted by Gasteiger charge is -2.35. The van der Waals surface area contributed by atoms with Crippen LogP contribution in [0, 0.1) is 26.3 Å². The van der Waals surface area contributed by atoms with Gasteiger partial charge in [-0.1, -0.05) is 50.2 Å². The highest BCUT2D eigenvalue weighted by Gasteiger charge is 2.50. The zero-order chi connectivity index (χ0) is 47.7. The molecule has 0 unspecified atom stereocenters. The predicted octanol–water partition coefficient (Wildman–Crippen LogP) is 8.89. The Hall–Kier alpha value is -6.47. The molecule has 0 aliphatic carbocycles. The second-order valence-corrected chi connectivity index (χ2v) is 19.4. The predicted molar refractivity (Wildman–Crippen MR) is 263 cm³/mol. The molecule has 8 rings (SSSR count). The molecule has 4 aromatic carbocycles. The fourth-order valence-electron chi connectivity index (χ4n) is 9.34. The Morgan fingerprint density at radius 3 is 2.40 bits per heavy atom. The summed E-state index contributed by atoms with van der Waals surface area (Å²) in [6, 6.07) is 24.4. The van der Waals surface area contributed by atoms with E-state index in [0.717, 1.165) is 38.5 Å². The topological polar surface area (TPSA) is 137 Å². The van der Waals surface area contributed by atoms with Crippen LogP contribution in [0.1, 0.15) is 79.7 Å². The molecule has 3 atom stereocenters. The number of hydrogen-bond donors (Lipinski definition) is 1. The number of aromatic nitrogens is 1. The molecule has 15 heteroatoms. The molecular formula is C52H54N6O7S2. The van der Waals surface area contributed by atoms with Crippen molar-refractivity contribution in [3.8, 4) is 21.9 Å². The first-order chi connectivity index (χ1) is 32.1. The molecule has 4 heterocycles. The van der Waals surface area contributed by atoms with Crippen LogP contribution < -0.4 is 19.3 Å². The maximum Gasteiger partial charge on any atom is 0.259 e. The second kappa shape index (κ2) is 19.4. The van der Waals surface area contributed by atoms with Crippen molar-refractivity contribution in [1.82, 2.24) is 14.8 Å². The highest BCUT2D eigenvalue weighted by atomic mass is 32.1. The van der Waals surface area contributed by atoms with Crippen molar-refractivity contribution < 1.29 is 33.8 Å². The third-order valence-electron chi connectivity index (χ3n) is 12.9. The van der Waals surface area contributed by atoms with Gasteiger partial charge in [-0.25, -0.2) is 9.83 Å². The number of aliphatic hydroxyl groups is 1. The zero-order valence-electron chi connectivity index (χ0n) is 38.5. The molecular weight excluding hydrogens is 885 g/mol. The molecule has 2 saturated heterocycles. The monoisotopic (exact) mass is 938 g/mol. The van der Waals surface area contributed by atoms with Crippen molar-refractivity contribution in [2.45, 2.75) is 97.5 Å². The molecule has 1 aromatic heterocycles. The minimum absolute atomic E-state index is 0.0306. The third kappa shape index (κ3) is 9.30.